The third kappa shape index (κ3) is 3.64. The molecule has 2 aliphatic rings. The summed E-state index contributed by atoms with van der Waals surface area (Å²) in [5.41, 5.74) is 7.15. The van der Waals surface area contributed by atoms with Gasteiger partial charge in [0.2, 0.25) is 0 Å². The zero-order valence-corrected chi connectivity index (χ0v) is 16.3. The number of hydrogen-bond donors (Lipinski definition) is 1. The summed E-state index contributed by atoms with van der Waals surface area (Å²) in [4.78, 5) is 2.27. The predicted octanol–water partition coefficient (Wildman–Crippen LogP) is 5.17. The average molecular weight is 355 g/mol. The summed E-state index contributed by atoms with van der Waals surface area (Å²) in [7, 11) is 4.38. The van der Waals surface area contributed by atoms with Gasteiger partial charge in [-0.2, -0.15) is 0 Å². The Morgan fingerprint density at radius 1 is 1.28 bits per heavy atom. The monoisotopic (exact) mass is 355 g/mol. The molecule has 25 heavy (non-hydrogen) atoms. The predicted molar refractivity (Wildman–Crippen MR) is 107 cm³/mol. The van der Waals surface area contributed by atoms with Crippen molar-refractivity contribution in [1.82, 2.24) is 4.90 Å². The first-order chi connectivity index (χ1) is 11.9. The van der Waals surface area contributed by atoms with E-state index in [1.165, 1.54) is 22.3 Å². The number of hydrogen-bond acceptors (Lipinski definition) is 3. The Balaban J connectivity index is 0.000000401. The molecule has 4 rings (SSSR count). The van der Waals surface area contributed by atoms with E-state index in [1.54, 1.807) is 12.1 Å². The molecular formula is C21H26NO2P. The first-order valence-electron chi connectivity index (χ1n) is 8.51. The molecule has 0 saturated carbocycles. The Morgan fingerprint density at radius 3 is 2.52 bits per heavy atom. The van der Waals surface area contributed by atoms with Crippen molar-refractivity contribution in [2.45, 2.75) is 19.4 Å². The van der Waals surface area contributed by atoms with E-state index in [1.807, 2.05) is 6.07 Å². The third-order valence-corrected chi connectivity index (χ3v) is 5.64. The van der Waals surface area contributed by atoms with Crippen LogP contribution in [0.15, 0.2) is 36.9 Å². The van der Waals surface area contributed by atoms with E-state index in [0.717, 1.165) is 23.9 Å². The van der Waals surface area contributed by atoms with Crippen LogP contribution in [0.25, 0.3) is 17.2 Å². The lowest BCUT2D eigenvalue weighted by molar-refractivity contribution is 0.295. The van der Waals surface area contributed by atoms with Crippen LogP contribution in [0.4, 0.5) is 0 Å². The average Bonchev–Trinajstić information content (AvgIpc) is 3.37. The van der Waals surface area contributed by atoms with E-state index in [9.17, 15) is 5.11 Å². The third-order valence-electron chi connectivity index (χ3n) is 4.86. The molecule has 0 spiro atoms. The lowest BCUT2D eigenvalue weighted by Crippen LogP contribution is -2.26. The molecule has 1 aliphatic carbocycles. The van der Waals surface area contributed by atoms with Gasteiger partial charge in [-0.15, -0.1) is 0 Å². The van der Waals surface area contributed by atoms with Crippen molar-refractivity contribution in [1.29, 1.82) is 0 Å². The highest BCUT2D eigenvalue weighted by Gasteiger charge is 2.29. The Morgan fingerprint density at radius 2 is 1.96 bits per heavy atom. The van der Waals surface area contributed by atoms with Crippen LogP contribution in [-0.2, 0) is 10.9 Å². The maximum atomic E-state index is 10.2. The second-order valence-electron chi connectivity index (χ2n) is 6.84. The number of aryl methyl sites for hydroxylation is 1. The maximum absolute atomic E-state index is 10.2. The SMILES string of the molecule is C=Cc1c(O)ccc2c1-c1cccc(C)c1C(N(C)C)C2.CP1CO1. The van der Waals surface area contributed by atoms with Gasteiger partial charge < -0.3 is 14.5 Å². The number of benzene rings is 2. The van der Waals surface area contributed by atoms with Gasteiger partial charge in [-0.3, -0.25) is 0 Å². The topological polar surface area (TPSA) is 36.0 Å². The highest BCUT2D eigenvalue weighted by Crippen LogP contribution is 2.48. The number of likely N-dealkylation sites (N-methyl/N-ethyl adjacent to an activating group) is 1. The lowest BCUT2D eigenvalue weighted by atomic mass is 9.78. The number of phenols is 1. The summed E-state index contributed by atoms with van der Waals surface area (Å²) in [6.07, 6.45) is 3.77. The molecule has 0 amide bonds. The van der Waals surface area contributed by atoms with Gasteiger partial charge in [0.15, 0.2) is 0 Å². The molecule has 2 unspecified atom stereocenters. The van der Waals surface area contributed by atoms with Gasteiger partial charge in [0.25, 0.3) is 0 Å². The normalized spacial score (nSPS) is 20.2. The molecule has 0 bridgehead atoms. The smallest absolute Gasteiger partial charge is 0.123 e. The second-order valence-corrected chi connectivity index (χ2v) is 8.61. The van der Waals surface area contributed by atoms with E-state index < -0.39 is 0 Å². The maximum Gasteiger partial charge on any atom is 0.123 e. The summed E-state index contributed by atoms with van der Waals surface area (Å²) in [6.45, 7) is 8.16. The fourth-order valence-electron chi connectivity index (χ4n) is 3.50. The summed E-state index contributed by atoms with van der Waals surface area (Å²) < 4.78 is 4.77. The molecule has 2 aromatic carbocycles. The molecule has 1 heterocycles. The van der Waals surface area contributed by atoms with Crippen LogP contribution >= 0.6 is 8.15 Å². The first-order valence-corrected chi connectivity index (χ1v) is 10.4. The summed E-state index contributed by atoms with van der Waals surface area (Å²) >= 11 is 0. The van der Waals surface area contributed by atoms with E-state index in [0.29, 0.717) is 11.8 Å². The minimum absolute atomic E-state index is 0.130. The minimum atomic E-state index is 0.130. The van der Waals surface area contributed by atoms with Gasteiger partial charge in [0.1, 0.15) is 5.75 Å². The van der Waals surface area contributed by atoms with Crippen LogP contribution in [0.3, 0.4) is 0 Å². The zero-order chi connectivity index (χ0) is 18.1. The van der Waals surface area contributed by atoms with Gasteiger partial charge in [0.05, 0.1) is 14.5 Å². The first kappa shape index (κ1) is 18.1. The molecule has 1 N–H and O–H groups in total. The minimum Gasteiger partial charge on any atom is -0.507 e. The van der Waals surface area contributed by atoms with Crippen molar-refractivity contribution < 1.29 is 9.63 Å². The highest BCUT2D eigenvalue weighted by molar-refractivity contribution is 7.57. The Hall–Kier alpha value is -1.67. The van der Waals surface area contributed by atoms with Crippen LogP contribution in [-0.4, -0.2) is 37.1 Å². The highest BCUT2D eigenvalue weighted by atomic mass is 31.2. The molecule has 1 aliphatic heterocycles. The summed E-state index contributed by atoms with van der Waals surface area (Å²) in [5.74, 6) is 0.305. The number of fused-ring (bicyclic) bond motifs is 3. The van der Waals surface area contributed by atoms with Crippen LogP contribution < -0.4 is 0 Å². The zero-order valence-electron chi connectivity index (χ0n) is 15.4. The summed E-state index contributed by atoms with van der Waals surface area (Å²) in [6, 6.07) is 10.6. The van der Waals surface area contributed by atoms with Crippen LogP contribution in [0.5, 0.6) is 5.75 Å². The van der Waals surface area contributed by atoms with Crippen molar-refractivity contribution in [3.8, 4) is 16.9 Å². The van der Waals surface area contributed by atoms with Crippen LogP contribution in [0, 0.1) is 6.92 Å². The molecule has 132 valence electrons. The molecule has 2 atom stereocenters. The molecular weight excluding hydrogens is 329 g/mol. The molecule has 0 radical (unpaired) electrons. The van der Waals surface area contributed by atoms with Gasteiger partial charge >= 0.3 is 0 Å². The van der Waals surface area contributed by atoms with Crippen molar-refractivity contribution in [2.75, 3.05) is 27.1 Å². The number of nitrogens with zero attached hydrogens (tertiary/aromatic N) is 1. The second kappa shape index (κ2) is 7.29. The Labute approximate surface area is 151 Å². The van der Waals surface area contributed by atoms with Crippen molar-refractivity contribution >= 4 is 14.2 Å². The van der Waals surface area contributed by atoms with Gasteiger partial charge in [-0.05, 0) is 68.0 Å². The molecule has 1 fully saturated rings. The number of rotatable bonds is 2. The van der Waals surface area contributed by atoms with Gasteiger partial charge in [-0.1, -0.05) is 36.9 Å². The molecule has 0 aromatic heterocycles. The van der Waals surface area contributed by atoms with E-state index in [-0.39, 0.29) is 8.15 Å². The van der Waals surface area contributed by atoms with Crippen molar-refractivity contribution in [3.63, 3.8) is 0 Å². The molecule has 4 heteroatoms. The lowest BCUT2D eigenvalue weighted by Gasteiger charge is -2.34. The fraction of sp³-hybridized carbons (Fsp3) is 0.333. The standard InChI is InChI=1S/C19H21NO.C2H5OP/c1-5-14-17(21)10-9-13-11-16(20(3)4)18-12(2)7-6-8-15(18)19(13)14;1-4-2-3-4/h5-10,16,21H,1,11H2,2-4H3;2H2,1H3. The van der Waals surface area contributed by atoms with E-state index in [2.05, 4.69) is 57.4 Å². The fourth-order valence-corrected chi connectivity index (χ4v) is 3.96. The van der Waals surface area contributed by atoms with Crippen molar-refractivity contribution in [3.05, 3.63) is 59.2 Å². The molecule has 3 nitrogen and oxygen atoms in total. The molecule has 1 saturated heterocycles. The van der Waals surface area contributed by atoms with E-state index >= 15 is 0 Å². The quantitative estimate of drug-likeness (QED) is 0.596. The summed E-state index contributed by atoms with van der Waals surface area (Å²) in [5, 5.41) is 10.2. The Kier molecular flexibility index (Phi) is 5.29. The number of phenolic OH excluding ortho intramolecular Hbond substituents is 1. The Bertz CT molecular complexity index is 797. The molecule has 2 aromatic rings. The van der Waals surface area contributed by atoms with Gasteiger partial charge in [-0.25, -0.2) is 0 Å². The van der Waals surface area contributed by atoms with Crippen LogP contribution in [0.1, 0.15) is 28.3 Å². The largest absolute Gasteiger partial charge is 0.507 e. The van der Waals surface area contributed by atoms with Gasteiger partial charge in [0, 0.05) is 11.6 Å². The number of aromatic hydroxyl groups is 1. The van der Waals surface area contributed by atoms with E-state index in [4.69, 9.17) is 4.52 Å². The van der Waals surface area contributed by atoms with Crippen molar-refractivity contribution in [2.24, 2.45) is 0 Å². The van der Waals surface area contributed by atoms with Crippen LogP contribution in [0.2, 0.25) is 0 Å².